The fourth-order valence-corrected chi connectivity index (χ4v) is 4.29. The molecule has 4 heterocycles. The summed E-state index contributed by atoms with van der Waals surface area (Å²) in [5, 5.41) is 5.67. The maximum atomic E-state index is 13.6. The summed E-state index contributed by atoms with van der Waals surface area (Å²) >= 11 is 0. The van der Waals surface area contributed by atoms with Crippen molar-refractivity contribution in [2.45, 2.75) is 44.7 Å². The number of hydrogen-bond acceptors (Lipinski definition) is 9. The van der Waals surface area contributed by atoms with Crippen molar-refractivity contribution in [3.63, 3.8) is 0 Å². The minimum Gasteiger partial charge on any atom is -0.443 e. The fourth-order valence-electron chi connectivity index (χ4n) is 4.29. The van der Waals surface area contributed by atoms with Crippen molar-refractivity contribution in [2.75, 3.05) is 63.6 Å². The van der Waals surface area contributed by atoms with E-state index in [9.17, 15) is 18.0 Å². The van der Waals surface area contributed by atoms with Crippen molar-refractivity contribution in [1.29, 1.82) is 0 Å². The summed E-state index contributed by atoms with van der Waals surface area (Å²) in [6.07, 6.45) is -1.25. The molecule has 10 nitrogen and oxygen atoms in total. The molecule has 4 rings (SSSR count). The first-order chi connectivity index (χ1) is 17.2. The number of nitrogens with one attached hydrogen (secondary N) is 2. The van der Waals surface area contributed by atoms with E-state index >= 15 is 0 Å². The number of likely N-dealkylation sites (tertiary alicyclic amines) is 1. The van der Waals surface area contributed by atoms with Gasteiger partial charge in [-0.25, -0.2) is 4.98 Å². The lowest BCUT2D eigenvalue weighted by atomic mass is 9.97. The Morgan fingerprint density at radius 3 is 2.67 bits per heavy atom. The molecule has 198 valence electrons. The molecular weight excluding hydrogens is 479 g/mol. The molecule has 0 radical (unpaired) electrons. The molecule has 0 atom stereocenters. The molecule has 36 heavy (non-hydrogen) atoms. The second-order valence-corrected chi connectivity index (χ2v) is 9.14. The number of alkyl halides is 3. The molecule has 0 saturated carbocycles. The lowest BCUT2D eigenvalue weighted by Gasteiger charge is -2.26. The molecule has 1 amide bonds. The quantitative estimate of drug-likeness (QED) is 0.516. The SMILES string of the molecule is Cc1oc(C2CCN(C)CC2)nc1Nc1ncc(C(F)(F)F)c(NCCCN2CCOCCC2=O)n1. The van der Waals surface area contributed by atoms with Gasteiger partial charge in [0.2, 0.25) is 11.9 Å². The van der Waals surface area contributed by atoms with E-state index in [1.807, 2.05) is 0 Å². The highest BCUT2D eigenvalue weighted by atomic mass is 19.4. The molecule has 2 aromatic heterocycles. The maximum absolute atomic E-state index is 13.6. The van der Waals surface area contributed by atoms with Gasteiger partial charge in [0, 0.05) is 31.7 Å². The first-order valence-corrected chi connectivity index (χ1v) is 12.2. The fraction of sp³-hybridized carbons (Fsp3) is 0.652. The van der Waals surface area contributed by atoms with Crippen molar-refractivity contribution in [3.05, 3.63) is 23.4 Å². The van der Waals surface area contributed by atoms with Gasteiger partial charge in [-0.15, -0.1) is 0 Å². The highest BCUT2D eigenvalue weighted by molar-refractivity contribution is 5.76. The van der Waals surface area contributed by atoms with E-state index in [2.05, 4.69) is 37.5 Å². The standard InChI is InChI=1S/C23H32F3N7O3/c1-15-19(29-21(36-15)16-4-9-32(2)10-5-16)30-22-28-14-17(23(24,25)26)20(31-22)27-7-3-8-33-11-13-35-12-6-18(33)34/h14,16H,3-13H2,1-2H3,(H2,27,28,30,31). The molecule has 0 aliphatic carbocycles. The Bertz CT molecular complexity index is 1040. The molecule has 2 fully saturated rings. The minimum atomic E-state index is -4.62. The summed E-state index contributed by atoms with van der Waals surface area (Å²) in [7, 11) is 2.07. The predicted molar refractivity (Wildman–Crippen MR) is 126 cm³/mol. The number of halogens is 3. The molecule has 2 aromatic rings. The van der Waals surface area contributed by atoms with Crippen LogP contribution in [0.4, 0.5) is 30.8 Å². The van der Waals surface area contributed by atoms with Gasteiger partial charge in [0.1, 0.15) is 17.1 Å². The monoisotopic (exact) mass is 511 g/mol. The number of amides is 1. The van der Waals surface area contributed by atoms with Gasteiger partial charge >= 0.3 is 6.18 Å². The highest BCUT2D eigenvalue weighted by Crippen LogP contribution is 2.35. The molecule has 0 aromatic carbocycles. The van der Waals surface area contributed by atoms with Crippen LogP contribution in [0.1, 0.15) is 48.8 Å². The number of carbonyl (C=O) groups is 1. The van der Waals surface area contributed by atoms with Crippen LogP contribution in [0.3, 0.4) is 0 Å². The van der Waals surface area contributed by atoms with E-state index in [0.29, 0.717) is 56.6 Å². The number of rotatable bonds is 8. The number of nitrogens with zero attached hydrogens (tertiary/aromatic N) is 5. The van der Waals surface area contributed by atoms with Crippen LogP contribution in [-0.2, 0) is 15.7 Å². The first-order valence-electron chi connectivity index (χ1n) is 12.2. The van der Waals surface area contributed by atoms with Crippen molar-refractivity contribution >= 4 is 23.5 Å². The van der Waals surface area contributed by atoms with Crippen LogP contribution in [0, 0.1) is 6.92 Å². The van der Waals surface area contributed by atoms with Gasteiger partial charge < -0.3 is 29.6 Å². The van der Waals surface area contributed by atoms with Gasteiger partial charge in [-0.2, -0.15) is 23.1 Å². The number of aromatic nitrogens is 3. The number of anilines is 3. The molecule has 2 saturated heterocycles. The van der Waals surface area contributed by atoms with E-state index in [1.165, 1.54) is 0 Å². The zero-order valence-corrected chi connectivity index (χ0v) is 20.5. The second-order valence-electron chi connectivity index (χ2n) is 9.14. The molecule has 2 aliphatic heterocycles. The molecule has 0 spiro atoms. The van der Waals surface area contributed by atoms with Crippen LogP contribution < -0.4 is 10.6 Å². The van der Waals surface area contributed by atoms with Gasteiger partial charge in [-0.3, -0.25) is 4.79 Å². The Balaban J connectivity index is 1.41. The maximum Gasteiger partial charge on any atom is 0.421 e. The topological polar surface area (TPSA) is 109 Å². The number of ether oxygens (including phenoxy) is 1. The number of carbonyl (C=O) groups excluding carboxylic acids is 1. The molecule has 0 unspecified atom stereocenters. The smallest absolute Gasteiger partial charge is 0.421 e. The van der Waals surface area contributed by atoms with E-state index in [0.717, 1.165) is 32.1 Å². The summed E-state index contributed by atoms with van der Waals surface area (Å²) in [4.78, 5) is 28.4. The van der Waals surface area contributed by atoms with Crippen LogP contribution in [0.5, 0.6) is 0 Å². The van der Waals surface area contributed by atoms with Crippen LogP contribution >= 0.6 is 0 Å². The van der Waals surface area contributed by atoms with Crippen molar-refractivity contribution in [2.24, 2.45) is 0 Å². The van der Waals surface area contributed by atoms with Crippen molar-refractivity contribution < 1.29 is 27.1 Å². The van der Waals surface area contributed by atoms with Crippen LogP contribution in [-0.4, -0.2) is 83.6 Å². The van der Waals surface area contributed by atoms with Gasteiger partial charge in [-0.05, 0) is 46.3 Å². The van der Waals surface area contributed by atoms with E-state index in [1.54, 1.807) is 11.8 Å². The minimum absolute atomic E-state index is 0.0143. The van der Waals surface area contributed by atoms with E-state index in [4.69, 9.17) is 9.15 Å². The highest BCUT2D eigenvalue weighted by Gasteiger charge is 2.35. The number of piperidine rings is 1. The van der Waals surface area contributed by atoms with E-state index in [-0.39, 0.29) is 30.1 Å². The normalized spacial score (nSPS) is 18.4. The van der Waals surface area contributed by atoms with Crippen LogP contribution in [0.2, 0.25) is 0 Å². The van der Waals surface area contributed by atoms with Gasteiger partial charge in [0.05, 0.1) is 19.6 Å². The van der Waals surface area contributed by atoms with Crippen LogP contribution in [0.25, 0.3) is 0 Å². The Labute approximate surface area is 207 Å². The summed E-state index contributed by atoms with van der Waals surface area (Å²) in [6, 6.07) is 0. The summed E-state index contributed by atoms with van der Waals surface area (Å²) < 4.78 is 51.8. The van der Waals surface area contributed by atoms with E-state index < -0.39 is 11.7 Å². The zero-order chi connectivity index (χ0) is 25.7. The van der Waals surface area contributed by atoms with Gasteiger partial charge in [0.15, 0.2) is 11.7 Å². The molecule has 2 aliphatic rings. The Morgan fingerprint density at radius 1 is 1.14 bits per heavy atom. The average molecular weight is 512 g/mol. The van der Waals surface area contributed by atoms with Crippen molar-refractivity contribution in [3.8, 4) is 0 Å². The summed E-state index contributed by atoms with van der Waals surface area (Å²) in [5.74, 6) is 1.36. The molecule has 2 N–H and O–H groups in total. The number of aryl methyl sites for hydroxylation is 1. The zero-order valence-electron chi connectivity index (χ0n) is 20.5. The summed E-state index contributed by atoms with van der Waals surface area (Å²) in [6.45, 7) is 5.59. The number of oxazole rings is 1. The van der Waals surface area contributed by atoms with Gasteiger partial charge in [0.25, 0.3) is 0 Å². The summed E-state index contributed by atoms with van der Waals surface area (Å²) in [5.41, 5.74) is -0.962. The Morgan fingerprint density at radius 2 is 1.92 bits per heavy atom. The Kier molecular flexibility index (Phi) is 8.29. The van der Waals surface area contributed by atoms with Crippen LogP contribution in [0.15, 0.2) is 10.6 Å². The van der Waals surface area contributed by atoms with Crippen molar-refractivity contribution in [1.82, 2.24) is 24.8 Å². The molecule has 0 bridgehead atoms. The second kappa shape index (κ2) is 11.4. The largest absolute Gasteiger partial charge is 0.443 e. The predicted octanol–water partition coefficient (Wildman–Crippen LogP) is 3.40. The number of hydrogen-bond donors (Lipinski definition) is 2. The average Bonchev–Trinajstić information content (AvgIpc) is 3.06. The third kappa shape index (κ3) is 6.64. The lowest BCUT2D eigenvalue weighted by Crippen LogP contribution is -2.33. The third-order valence-electron chi connectivity index (χ3n) is 6.42. The Hall–Kier alpha value is -2.93. The third-order valence-corrected chi connectivity index (χ3v) is 6.42. The van der Waals surface area contributed by atoms with Gasteiger partial charge in [-0.1, -0.05) is 0 Å². The molecular formula is C23H32F3N7O3. The lowest BCUT2D eigenvalue weighted by molar-refractivity contribution is -0.137. The first kappa shape index (κ1) is 26.1. The molecule has 13 heteroatoms.